The maximum Gasteiger partial charge on any atom is 0.296 e. The van der Waals surface area contributed by atoms with Crippen LogP contribution in [0.25, 0.3) is 11.0 Å². The molecule has 7 nitrogen and oxygen atoms in total. The van der Waals surface area contributed by atoms with Gasteiger partial charge in [0.15, 0.2) is 16.9 Å². The Bertz CT molecular complexity index is 1730. The van der Waals surface area contributed by atoms with Gasteiger partial charge in [0.2, 0.25) is 5.76 Å². The first-order valence-electron chi connectivity index (χ1n) is 12.2. The van der Waals surface area contributed by atoms with E-state index in [1.807, 2.05) is 49.4 Å². The maximum atomic E-state index is 13.8. The molecule has 3 aromatic carbocycles. The molecule has 0 fully saturated rings. The quantitative estimate of drug-likeness (QED) is 0.289. The van der Waals surface area contributed by atoms with Crippen LogP contribution in [0.4, 0.5) is 5.82 Å². The number of nitrogens with zero attached hydrogens (tertiary/aromatic N) is 2. The zero-order valence-corrected chi connectivity index (χ0v) is 20.9. The van der Waals surface area contributed by atoms with Crippen molar-refractivity contribution in [3.8, 4) is 11.5 Å². The third-order valence-electron chi connectivity index (χ3n) is 6.73. The maximum absolute atomic E-state index is 13.8. The van der Waals surface area contributed by atoms with Gasteiger partial charge in [-0.3, -0.25) is 14.5 Å². The number of para-hydroxylation sites is 1. The number of rotatable bonds is 6. The van der Waals surface area contributed by atoms with Gasteiger partial charge in [0, 0.05) is 6.20 Å². The van der Waals surface area contributed by atoms with Gasteiger partial charge in [0.05, 0.1) is 24.1 Å². The molecule has 7 heteroatoms. The van der Waals surface area contributed by atoms with Crippen molar-refractivity contribution < 1.29 is 18.7 Å². The zero-order valence-electron chi connectivity index (χ0n) is 20.9. The van der Waals surface area contributed by atoms with Gasteiger partial charge in [-0.25, -0.2) is 4.98 Å². The Labute approximate surface area is 218 Å². The van der Waals surface area contributed by atoms with Crippen LogP contribution in [0.1, 0.15) is 38.9 Å². The monoisotopic (exact) mass is 504 g/mol. The fraction of sp³-hybridized carbons (Fsp3) is 0.129. The summed E-state index contributed by atoms with van der Waals surface area (Å²) >= 11 is 0. The molecule has 1 unspecified atom stereocenters. The van der Waals surface area contributed by atoms with Crippen molar-refractivity contribution in [3.05, 3.63) is 129 Å². The summed E-state index contributed by atoms with van der Waals surface area (Å²) in [5.41, 5.74) is 2.89. The van der Waals surface area contributed by atoms with Crippen molar-refractivity contribution in [1.29, 1.82) is 0 Å². The van der Waals surface area contributed by atoms with E-state index in [1.54, 1.807) is 55.8 Å². The van der Waals surface area contributed by atoms with Crippen molar-refractivity contribution >= 4 is 22.7 Å². The number of carbonyl (C=O) groups excluding carboxylic acids is 1. The molecule has 1 aliphatic rings. The van der Waals surface area contributed by atoms with Crippen LogP contribution in [-0.4, -0.2) is 18.0 Å². The van der Waals surface area contributed by atoms with E-state index in [1.165, 1.54) is 4.90 Å². The van der Waals surface area contributed by atoms with Gasteiger partial charge in [-0.2, -0.15) is 0 Å². The molecule has 6 rings (SSSR count). The summed E-state index contributed by atoms with van der Waals surface area (Å²) in [6, 6.07) is 25.1. The van der Waals surface area contributed by atoms with Crippen LogP contribution in [0.15, 0.2) is 100 Å². The highest BCUT2D eigenvalue weighted by Crippen LogP contribution is 2.43. The van der Waals surface area contributed by atoms with Crippen molar-refractivity contribution in [1.82, 2.24) is 4.98 Å². The van der Waals surface area contributed by atoms with E-state index < -0.39 is 11.9 Å². The molecule has 0 saturated carbocycles. The second-order valence-corrected chi connectivity index (χ2v) is 9.08. The van der Waals surface area contributed by atoms with E-state index in [9.17, 15) is 9.59 Å². The number of benzene rings is 3. The second-order valence-electron chi connectivity index (χ2n) is 9.08. The molecule has 0 spiro atoms. The number of ether oxygens (including phenoxy) is 2. The third kappa shape index (κ3) is 3.89. The number of amides is 1. The van der Waals surface area contributed by atoms with Gasteiger partial charge < -0.3 is 13.9 Å². The molecule has 0 bridgehead atoms. The van der Waals surface area contributed by atoms with E-state index in [4.69, 9.17) is 13.9 Å². The minimum Gasteiger partial charge on any atom is -0.493 e. The van der Waals surface area contributed by atoms with Crippen molar-refractivity contribution in [2.45, 2.75) is 19.6 Å². The van der Waals surface area contributed by atoms with Crippen molar-refractivity contribution in [2.75, 3.05) is 12.0 Å². The van der Waals surface area contributed by atoms with Crippen LogP contribution in [0, 0.1) is 6.92 Å². The standard InChI is InChI=1S/C31H24N2O5/c1-19-9-8-16-32-30(19)33-27(26-28(34)22-12-6-7-13-23(22)38-29(26)31(33)35)21-14-15-24(25(17-21)36-2)37-18-20-10-4-3-5-11-20/h3-17,27H,18H2,1-2H3. The molecular formula is C31H24N2O5. The topological polar surface area (TPSA) is 81.9 Å². The summed E-state index contributed by atoms with van der Waals surface area (Å²) in [5.74, 6) is 1.10. The molecule has 1 amide bonds. The highest BCUT2D eigenvalue weighted by molar-refractivity contribution is 6.10. The van der Waals surface area contributed by atoms with Gasteiger partial charge in [-0.1, -0.05) is 54.6 Å². The van der Waals surface area contributed by atoms with Gasteiger partial charge in [0.25, 0.3) is 5.91 Å². The lowest BCUT2D eigenvalue weighted by molar-refractivity contribution is 0.0970. The minimum absolute atomic E-state index is 0.0205. The summed E-state index contributed by atoms with van der Waals surface area (Å²) in [6.45, 7) is 2.25. The normalized spacial score (nSPS) is 14.5. The van der Waals surface area contributed by atoms with E-state index >= 15 is 0 Å². The number of aromatic nitrogens is 1. The highest BCUT2D eigenvalue weighted by atomic mass is 16.5. The van der Waals surface area contributed by atoms with Crippen LogP contribution in [0.2, 0.25) is 0 Å². The van der Waals surface area contributed by atoms with E-state index in [-0.39, 0.29) is 16.8 Å². The molecule has 0 N–H and O–H groups in total. The van der Waals surface area contributed by atoms with Crippen LogP contribution in [0.3, 0.4) is 0 Å². The number of anilines is 1. The summed E-state index contributed by atoms with van der Waals surface area (Å²) in [7, 11) is 1.56. The van der Waals surface area contributed by atoms with E-state index in [2.05, 4.69) is 4.98 Å². The first-order valence-corrected chi connectivity index (χ1v) is 12.2. The fourth-order valence-corrected chi connectivity index (χ4v) is 4.89. The Morgan fingerprint density at radius 2 is 1.71 bits per heavy atom. The average Bonchev–Trinajstić information content (AvgIpc) is 3.24. The lowest BCUT2D eigenvalue weighted by atomic mass is 9.98. The Balaban J connectivity index is 1.50. The summed E-state index contributed by atoms with van der Waals surface area (Å²) < 4.78 is 17.7. The highest BCUT2D eigenvalue weighted by Gasteiger charge is 2.45. The molecule has 38 heavy (non-hydrogen) atoms. The molecule has 0 aliphatic carbocycles. The average molecular weight is 505 g/mol. The molecule has 5 aromatic rings. The van der Waals surface area contributed by atoms with Crippen LogP contribution >= 0.6 is 0 Å². The van der Waals surface area contributed by atoms with Gasteiger partial charge in [0.1, 0.15) is 18.0 Å². The van der Waals surface area contributed by atoms with E-state index in [0.29, 0.717) is 40.5 Å². The number of hydrogen-bond acceptors (Lipinski definition) is 6. The SMILES string of the molecule is COc1cc(C2c3c(oc4ccccc4c3=O)C(=O)N2c2ncccc2C)ccc1OCc1ccccc1. The number of pyridine rings is 1. The third-order valence-corrected chi connectivity index (χ3v) is 6.73. The number of hydrogen-bond donors (Lipinski definition) is 0. The molecule has 1 aliphatic heterocycles. The second kappa shape index (κ2) is 9.52. The van der Waals surface area contributed by atoms with Gasteiger partial charge in [-0.05, 0) is 53.9 Å². The zero-order chi connectivity index (χ0) is 26.2. The van der Waals surface area contributed by atoms with Crippen molar-refractivity contribution in [2.24, 2.45) is 0 Å². The number of carbonyl (C=O) groups is 1. The van der Waals surface area contributed by atoms with Crippen LogP contribution < -0.4 is 19.8 Å². The van der Waals surface area contributed by atoms with Crippen molar-refractivity contribution in [3.63, 3.8) is 0 Å². The summed E-state index contributed by atoms with van der Waals surface area (Å²) in [4.78, 5) is 33.6. The molecule has 188 valence electrons. The van der Waals surface area contributed by atoms with Gasteiger partial charge >= 0.3 is 0 Å². The van der Waals surface area contributed by atoms with Crippen LogP contribution in [0.5, 0.6) is 11.5 Å². The largest absolute Gasteiger partial charge is 0.493 e. The molecule has 0 saturated heterocycles. The predicted octanol–water partition coefficient (Wildman–Crippen LogP) is 5.83. The fourth-order valence-electron chi connectivity index (χ4n) is 4.89. The molecule has 2 aromatic heterocycles. The number of methoxy groups -OCH3 is 1. The lowest BCUT2D eigenvalue weighted by Gasteiger charge is -2.26. The number of aryl methyl sites for hydroxylation is 1. The van der Waals surface area contributed by atoms with Crippen LogP contribution in [-0.2, 0) is 6.61 Å². The Kier molecular flexibility index (Phi) is 5.88. The van der Waals surface area contributed by atoms with E-state index in [0.717, 1.165) is 11.1 Å². The molecule has 1 atom stereocenters. The summed E-state index contributed by atoms with van der Waals surface area (Å²) in [5, 5.41) is 0.415. The summed E-state index contributed by atoms with van der Waals surface area (Å²) in [6.07, 6.45) is 1.63. The first kappa shape index (κ1) is 23.5. The van der Waals surface area contributed by atoms with Gasteiger partial charge in [-0.15, -0.1) is 0 Å². The first-order chi connectivity index (χ1) is 18.6. The number of fused-ring (bicyclic) bond motifs is 2. The molecular weight excluding hydrogens is 480 g/mol. The minimum atomic E-state index is -0.760. The smallest absolute Gasteiger partial charge is 0.296 e. The lowest BCUT2D eigenvalue weighted by Crippen LogP contribution is -2.31. The molecule has 0 radical (unpaired) electrons. The Morgan fingerprint density at radius 3 is 2.50 bits per heavy atom. The predicted molar refractivity (Wildman–Crippen MR) is 144 cm³/mol. The molecule has 3 heterocycles. The Morgan fingerprint density at radius 1 is 0.921 bits per heavy atom. The Hall–Kier alpha value is -4.91.